The van der Waals surface area contributed by atoms with Crippen LogP contribution in [0, 0.1) is 6.92 Å². The van der Waals surface area contributed by atoms with E-state index < -0.39 is 0 Å². The lowest BCUT2D eigenvalue weighted by atomic mass is 9.78. The number of hydrogen-bond donors (Lipinski definition) is 3. The molecule has 0 heterocycles. The molecule has 5 heteroatoms. The average Bonchev–Trinajstić information content (AvgIpc) is 3.12. The molecular weight excluding hydrogens is 449 g/mol. The molecule has 152 valence electrons. The minimum Gasteiger partial charge on any atom is -0.393 e. The van der Waals surface area contributed by atoms with Crippen LogP contribution in [0.2, 0.25) is 0 Å². The Kier molecular flexibility index (Phi) is 8.86. The van der Waals surface area contributed by atoms with Gasteiger partial charge in [-0.25, -0.2) is 0 Å². The van der Waals surface area contributed by atoms with Crippen LogP contribution in [0.1, 0.15) is 69.4 Å². The molecule has 2 aliphatic rings. The SMILES string of the molecule is CCNC(=NCC1(c2cccc(C)c2)CCCC1)NC1CCC(O)CC1.I. The van der Waals surface area contributed by atoms with Crippen molar-refractivity contribution in [2.45, 2.75) is 82.8 Å². The molecule has 1 aromatic rings. The molecule has 2 fully saturated rings. The Balaban J connectivity index is 0.00000261. The molecule has 1 aromatic carbocycles. The number of nitrogens with one attached hydrogen (secondary N) is 2. The predicted molar refractivity (Wildman–Crippen MR) is 124 cm³/mol. The van der Waals surface area contributed by atoms with E-state index in [1.54, 1.807) is 0 Å². The number of hydrogen-bond acceptors (Lipinski definition) is 2. The van der Waals surface area contributed by atoms with Crippen LogP contribution in [0.4, 0.5) is 0 Å². The largest absolute Gasteiger partial charge is 0.393 e. The molecule has 0 aliphatic heterocycles. The third-order valence-electron chi connectivity index (χ3n) is 6.11. The van der Waals surface area contributed by atoms with Crippen LogP contribution in [0.5, 0.6) is 0 Å². The first-order valence-electron chi connectivity index (χ1n) is 10.4. The van der Waals surface area contributed by atoms with Crippen LogP contribution in [0.25, 0.3) is 0 Å². The maximum Gasteiger partial charge on any atom is 0.191 e. The van der Waals surface area contributed by atoms with Gasteiger partial charge in [0.05, 0.1) is 12.6 Å². The maximum absolute atomic E-state index is 9.72. The second kappa shape index (κ2) is 10.6. The summed E-state index contributed by atoms with van der Waals surface area (Å²) in [6.07, 6.45) is 8.78. The van der Waals surface area contributed by atoms with Crippen LogP contribution < -0.4 is 10.6 Å². The van der Waals surface area contributed by atoms with E-state index in [9.17, 15) is 5.11 Å². The number of rotatable bonds is 5. The van der Waals surface area contributed by atoms with Crippen molar-refractivity contribution in [1.29, 1.82) is 0 Å². The molecule has 4 nitrogen and oxygen atoms in total. The first-order valence-corrected chi connectivity index (χ1v) is 10.4. The average molecular weight is 485 g/mol. The number of benzene rings is 1. The van der Waals surface area contributed by atoms with Crippen LogP contribution >= 0.6 is 24.0 Å². The molecular formula is C22H36IN3O. The van der Waals surface area contributed by atoms with E-state index in [0.29, 0.717) is 6.04 Å². The Morgan fingerprint density at radius 2 is 1.89 bits per heavy atom. The van der Waals surface area contributed by atoms with Gasteiger partial charge in [0, 0.05) is 18.0 Å². The van der Waals surface area contributed by atoms with Crippen molar-refractivity contribution in [2.24, 2.45) is 4.99 Å². The van der Waals surface area contributed by atoms with E-state index in [1.807, 2.05) is 0 Å². The van der Waals surface area contributed by atoms with Gasteiger partial charge in [0.25, 0.3) is 0 Å². The predicted octanol–water partition coefficient (Wildman–Crippen LogP) is 4.28. The smallest absolute Gasteiger partial charge is 0.191 e. The Bertz CT molecular complexity index is 605. The normalized spacial score (nSPS) is 24.9. The Morgan fingerprint density at radius 1 is 1.19 bits per heavy atom. The van der Waals surface area contributed by atoms with Gasteiger partial charge >= 0.3 is 0 Å². The van der Waals surface area contributed by atoms with E-state index in [1.165, 1.54) is 36.8 Å². The Labute approximate surface area is 181 Å². The van der Waals surface area contributed by atoms with Gasteiger partial charge in [0.15, 0.2) is 5.96 Å². The van der Waals surface area contributed by atoms with Crippen LogP contribution in [-0.2, 0) is 5.41 Å². The van der Waals surface area contributed by atoms with Crippen LogP contribution in [-0.4, -0.2) is 36.3 Å². The highest BCUT2D eigenvalue weighted by atomic mass is 127. The number of nitrogens with zero attached hydrogens (tertiary/aromatic N) is 1. The summed E-state index contributed by atoms with van der Waals surface area (Å²) in [7, 11) is 0. The molecule has 0 spiro atoms. The molecule has 2 saturated carbocycles. The monoisotopic (exact) mass is 485 g/mol. The highest BCUT2D eigenvalue weighted by Crippen LogP contribution is 2.41. The first-order chi connectivity index (χ1) is 12.6. The van der Waals surface area contributed by atoms with Crippen LogP contribution in [0.3, 0.4) is 0 Å². The zero-order valence-electron chi connectivity index (χ0n) is 16.8. The van der Waals surface area contributed by atoms with Gasteiger partial charge < -0.3 is 15.7 Å². The Hall–Kier alpha value is -0.820. The fourth-order valence-corrected chi connectivity index (χ4v) is 4.53. The van der Waals surface area contributed by atoms with E-state index in [4.69, 9.17) is 4.99 Å². The van der Waals surface area contributed by atoms with E-state index in [2.05, 4.69) is 48.7 Å². The molecule has 0 amide bonds. The standard InChI is InChI=1S/C22H35N3O.HI/c1-3-23-21(25-19-9-11-20(26)12-10-19)24-16-22(13-4-5-14-22)18-8-6-7-17(2)15-18;/h6-8,15,19-20,26H,3-5,9-14,16H2,1-2H3,(H2,23,24,25);1H. The van der Waals surface area contributed by atoms with E-state index in [-0.39, 0.29) is 35.5 Å². The molecule has 3 rings (SSSR count). The quantitative estimate of drug-likeness (QED) is 0.332. The van der Waals surface area contributed by atoms with E-state index in [0.717, 1.165) is 44.7 Å². The molecule has 0 atom stereocenters. The van der Waals surface area contributed by atoms with Gasteiger partial charge in [-0.15, -0.1) is 24.0 Å². The Morgan fingerprint density at radius 3 is 2.52 bits per heavy atom. The van der Waals surface area contributed by atoms with Crippen molar-refractivity contribution in [3.05, 3.63) is 35.4 Å². The summed E-state index contributed by atoms with van der Waals surface area (Å²) in [5, 5.41) is 16.8. The van der Waals surface area contributed by atoms with Gasteiger partial charge in [-0.3, -0.25) is 4.99 Å². The number of aliphatic hydroxyl groups is 1. The molecule has 0 aromatic heterocycles. The number of halogens is 1. The zero-order chi connectivity index (χ0) is 18.4. The molecule has 27 heavy (non-hydrogen) atoms. The first kappa shape index (κ1) is 22.5. The number of aliphatic imine (C=N–C) groups is 1. The number of aliphatic hydroxyl groups excluding tert-OH is 1. The summed E-state index contributed by atoms with van der Waals surface area (Å²) < 4.78 is 0. The highest BCUT2D eigenvalue weighted by molar-refractivity contribution is 14.0. The molecule has 3 N–H and O–H groups in total. The minimum atomic E-state index is -0.115. The summed E-state index contributed by atoms with van der Waals surface area (Å²) in [6, 6.07) is 9.43. The fourth-order valence-electron chi connectivity index (χ4n) is 4.53. The van der Waals surface area contributed by atoms with E-state index >= 15 is 0 Å². The molecule has 0 bridgehead atoms. The number of aryl methyl sites for hydroxylation is 1. The number of guanidine groups is 1. The maximum atomic E-state index is 9.72. The van der Waals surface area contributed by atoms with Crippen molar-refractivity contribution in [3.8, 4) is 0 Å². The summed E-state index contributed by atoms with van der Waals surface area (Å²) in [6.45, 7) is 6.02. The second-order valence-electron chi connectivity index (χ2n) is 8.20. The van der Waals surface area contributed by atoms with Crippen molar-refractivity contribution in [2.75, 3.05) is 13.1 Å². The molecule has 2 aliphatic carbocycles. The summed E-state index contributed by atoms with van der Waals surface area (Å²) >= 11 is 0. The lowest BCUT2D eigenvalue weighted by Crippen LogP contribution is -2.46. The summed E-state index contributed by atoms with van der Waals surface area (Å²) in [4.78, 5) is 5.02. The van der Waals surface area contributed by atoms with Gasteiger partial charge in [-0.05, 0) is 57.9 Å². The third kappa shape index (κ3) is 6.08. The summed E-state index contributed by atoms with van der Waals surface area (Å²) in [5.74, 6) is 0.938. The highest BCUT2D eigenvalue weighted by Gasteiger charge is 2.35. The van der Waals surface area contributed by atoms with Crippen molar-refractivity contribution >= 4 is 29.9 Å². The topological polar surface area (TPSA) is 56.7 Å². The van der Waals surface area contributed by atoms with Crippen molar-refractivity contribution in [3.63, 3.8) is 0 Å². The van der Waals surface area contributed by atoms with Gasteiger partial charge in [-0.2, -0.15) is 0 Å². The van der Waals surface area contributed by atoms with Crippen LogP contribution in [0.15, 0.2) is 29.3 Å². The van der Waals surface area contributed by atoms with Crippen molar-refractivity contribution in [1.82, 2.24) is 10.6 Å². The zero-order valence-corrected chi connectivity index (χ0v) is 19.2. The summed E-state index contributed by atoms with van der Waals surface area (Å²) in [5.41, 5.74) is 2.98. The minimum absolute atomic E-state index is 0. The van der Waals surface area contributed by atoms with Gasteiger partial charge in [0.1, 0.15) is 0 Å². The van der Waals surface area contributed by atoms with Crippen molar-refractivity contribution < 1.29 is 5.11 Å². The molecule has 0 radical (unpaired) electrons. The van der Waals surface area contributed by atoms with Gasteiger partial charge in [-0.1, -0.05) is 42.7 Å². The molecule has 0 saturated heterocycles. The van der Waals surface area contributed by atoms with Gasteiger partial charge in [0.2, 0.25) is 0 Å². The lowest BCUT2D eigenvalue weighted by molar-refractivity contribution is 0.120. The third-order valence-corrected chi connectivity index (χ3v) is 6.11. The fraction of sp³-hybridized carbons (Fsp3) is 0.682. The lowest BCUT2D eigenvalue weighted by Gasteiger charge is -2.30. The molecule has 0 unspecified atom stereocenters. The second-order valence-corrected chi connectivity index (χ2v) is 8.20.